The van der Waals surface area contributed by atoms with Crippen molar-refractivity contribution in [3.63, 3.8) is 0 Å². The van der Waals surface area contributed by atoms with Crippen LogP contribution in [0.4, 0.5) is 16.6 Å². The Labute approximate surface area is 129 Å². The summed E-state index contributed by atoms with van der Waals surface area (Å²) in [5, 5.41) is 10.7. The quantitative estimate of drug-likeness (QED) is 0.881. The maximum Gasteiger partial charge on any atom is 0.414 e. The molecule has 8 heteroatoms. The lowest BCUT2D eigenvalue weighted by molar-refractivity contribution is 0.129. The van der Waals surface area contributed by atoms with Crippen LogP contribution in [-0.4, -0.2) is 44.9 Å². The van der Waals surface area contributed by atoms with Crippen LogP contribution >= 0.6 is 0 Å². The fourth-order valence-corrected chi connectivity index (χ4v) is 2.14. The van der Waals surface area contributed by atoms with Crippen molar-refractivity contribution in [3.05, 3.63) is 12.4 Å². The van der Waals surface area contributed by atoms with Crippen molar-refractivity contribution in [2.45, 2.75) is 40.2 Å². The van der Waals surface area contributed by atoms with Gasteiger partial charge in [-0.15, -0.1) is 10.2 Å². The van der Waals surface area contributed by atoms with Gasteiger partial charge in [-0.2, -0.15) is 0 Å². The molecule has 2 aromatic rings. The van der Waals surface area contributed by atoms with E-state index in [-0.39, 0.29) is 6.10 Å². The van der Waals surface area contributed by atoms with Gasteiger partial charge in [0.05, 0.1) is 6.10 Å². The fraction of sp³-hybridized carbons (Fsp3) is 0.571. The molecule has 0 radical (unpaired) electrons. The molecule has 22 heavy (non-hydrogen) atoms. The Kier molecular flexibility index (Phi) is 5.13. The summed E-state index contributed by atoms with van der Waals surface area (Å²) >= 11 is 0. The zero-order valence-corrected chi connectivity index (χ0v) is 13.4. The molecule has 2 aromatic heterocycles. The van der Waals surface area contributed by atoms with Crippen molar-refractivity contribution in [2.24, 2.45) is 0 Å². The van der Waals surface area contributed by atoms with E-state index in [1.54, 1.807) is 30.6 Å². The number of carbonyl (C=O) groups is 1. The standard InChI is InChI=1S/C14H22N6O2/c1-5-8-19(6-2)11-12-17-18-13(20(12)9-7-15-11)16-14(21)22-10(3)4/h7,9-10H,5-6,8H2,1-4H3,(H,16,18,21). The molecule has 0 spiro atoms. The Morgan fingerprint density at radius 1 is 1.41 bits per heavy atom. The molecule has 2 heterocycles. The molecule has 2 rings (SSSR count). The predicted octanol–water partition coefficient (Wildman–Crippen LogP) is 2.32. The van der Waals surface area contributed by atoms with Crippen LogP contribution in [0.1, 0.15) is 34.1 Å². The maximum absolute atomic E-state index is 11.7. The maximum atomic E-state index is 11.7. The van der Waals surface area contributed by atoms with E-state index in [0.717, 1.165) is 25.3 Å². The minimum Gasteiger partial charge on any atom is -0.447 e. The molecule has 0 bridgehead atoms. The van der Waals surface area contributed by atoms with E-state index in [1.165, 1.54) is 0 Å². The molecule has 0 aliphatic carbocycles. The van der Waals surface area contributed by atoms with Gasteiger partial charge in [0.2, 0.25) is 11.6 Å². The molecule has 0 atom stereocenters. The Bertz CT molecular complexity index is 639. The number of nitrogens with one attached hydrogen (secondary N) is 1. The molecule has 0 fully saturated rings. The monoisotopic (exact) mass is 306 g/mol. The molecular weight excluding hydrogens is 284 g/mol. The number of hydrogen-bond acceptors (Lipinski definition) is 6. The third kappa shape index (κ3) is 3.44. The number of amides is 1. The van der Waals surface area contributed by atoms with Crippen LogP contribution in [0.25, 0.3) is 5.65 Å². The summed E-state index contributed by atoms with van der Waals surface area (Å²) in [6, 6.07) is 0. The van der Waals surface area contributed by atoms with Crippen LogP contribution in [-0.2, 0) is 4.74 Å². The molecule has 8 nitrogen and oxygen atoms in total. The predicted molar refractivity (Wildman–Crippen MR) is 84.2 cm³/mol. The highest BCUT2D eigenvalue weighted by Gasteiger charge is 2.16. The van der Waals surface area contributed by atoms with E-state index in [0.29, 0.717) is 11.6 Å². The van der Waals surface area contributed by atoms with E-state index >= 15 is 0 Å². The second kappa shape index (κ2) is 7.06. The Hall–Kier alpha value is -2.38. The van der Waals surface area contributed by atoms with Crippen molar-refractivity contribution in [2.75, 3.05) is 23.3 Å². The minimum absolute atomic E-state index is 0.198. The van der Waals surface area contributed by atoms with Gasteiger partial charge in [0.25, 0.3) is 0 Å². The first-order valence-electron chi connectivity index (χ1n) is 7.49. The second-order valence-electron chi connectivity index (χ2n) is 5.13. The Morgan fingerprint density at radius 2 is 2.18 bits per heavy atom. The molecule has 0 unspecified atom stereocenters. The molecule has 0 aliphatic heterocycles. The number of anilines is 2. The fourth-order valence-electron chi connectivity index (χ4n) is 2.14. The molecule has 1 amide bonds. The average Bonchev–Trinajstić information content (AvgIpc) is 2.87. The lowest BCUT2D eigenvalue weighted by Gasteiger charge is -2.21. The lowest BCUT2D eigenvalue weighted by Crippen LogP contribution is -2.25. The summed E-state index contributed by atoms with van der Waals surface area (Å²) in [6.45, 7) is 9.46. The van der Waals surface area contributed by atoms with Gasteiger partial charge in [-0.3, -0.25) is 9.72 Å². The molecule has 120 valence electrons. The van der Waals surface area contributed by atoms with Crippen molar-refractivity contribution >= 4 is 23.5 Å². The van der Waals surface area contributed by atoms with Crippen LogP contribution in [0.3, 0.4) is 0 Å². The van der Waals surface area contributed by atoms with Gasteiger partial charge in [-0.1, -0.05) is 6.92 Å². The summed E-state index contributed by atoms with van der Waals surface area (Å²) in [4.78, 5) is 18.2. The number of carbonyl (C=O) groups excluding carboxylic acids is 1. The van der Waals surface area contributed by atoms with E-state index in [2.05, 4.69) is 39.2 Å². The molecule has 0 aliphatic rings. The van der Waals surface area contributed by atoms with Gasteiger partial charge in [0.1, 0.15) is 0 Å². The van der Waals surface area contributed by atoms with E-state index in [1.807, 2.05) is 0 Å². The van der Waals surface area contributed by atoms with E-state index < -0.39 is 6.09 Å². The summed E-state index contributed by atoms with van der Waals surface area (Å²) in [5.74, 6) is 1.07. The molecule has 0 aromatic carbocycles. The van der Waals surface area contributed by atoms with E-state index in [4.69, 9.17) is 4.74 Å². The van der Waals surface area contributed by atoms with Gasteiger partial charge in [0, 0.05) is 25.5 Å². The Morgan fingerprint density at radius 3 is 2.82 bits per heavy atom. The first-order valence-corrected chi connectivity index (χ1v) is 7.49. The van der Waals surface area contributed by atoms with Gasteiger partial charge < -0.3 is 9.64 Å². The normalized spacial score (nSPS) is 11.0. The number of ether oxygens (including phenoxy) is 1. The van der Waals surface area contributed by atoms with Crippen molar-refractivity contribution < 1.29 is 9.53 Å². The van der Waals surface area contributed by atoms with Crippen LogP contribution in [0.15, 0.2) is 12.4 Å². The smallest absolute Gasteiger partial charge is 0.414 e. The van der Waals surface area contributed by atoms with E-state index in [9.17, 15) is 4.79 Å². The summed E-state index contributed by atoms with van der Waals surface area (Å²) < 4.78 is 6.75. The summed E-state index contributed by atoms with van der Waals surface area (Å²) in [7, 11) is 0. The zero-order valence-electron chi connectivity index (χ0n) is 13.4. The van der Waals surface area contributed by atoms with Crippen LogP contribution in [0, 0.1) is 0 Å². The number of rotatable bonds is 6. The SMILES string of the molecule is CCCN(CC)c1nccn2c(NC(=O)OC(C)C)nnc12. The number of hydrogen-bond donors (Lipinski definition) is 1. The highest BCUT2D eigenvalue weighted by Crippen LogP contribution is 2.19. The molecule has 1 N–H and O–H groups in total. The molecular formula is C14H22N6O2. The Balaban J connectivity index is 2.31. The summed E-state index contributed by atoms with van der Waals surface area (Å²) in [6.07, 6.45) is 3.64. The zero-order chi connectivity index (χ0) is 16.1. The highest BCUT2D eigenvalue weighted by molar-refractivity contribution is 5.83. The van der Waals surface area contributed by atoms with Crippen LogP contribution in [0.5, 0.6) is 0 Å². The van der Waals surface area contributed by atoms with Gasteiger partial charge >= 0.3 is 6.09 Å². The third-order valence-corrected chi connectivity index (χ3v) is 3.04. The van der Waals surface area contributed by atoms with Crippen molar-refractivity contribution in [1.29, 1.82) is 0 Å². The van der Waals surface area contributed by atoms with Crippen LogP contribution in [0.2, 0.25) is 0 Å². The first-order chi connectivity index (χ1) is 10.6. The van der Waals surface area contributed by atoms with Crippen molar-refractivity contribution in [1.82, 2.24) is 19.6 Å². The lowest BCUT2D eigenvalue weighted by atomic mass is 10.4. The summed E-state index contributed by atoms with van der Waals surface area (Å²) in [5.41, 5.74) is 0.609. The van der Waals surface area contributed by atoms with Gasteiger partial charge in [-0.25, -0.2) is 9.78 Å². The van der Waals surface area contributed by atoms with Gasteiger partial charge in [0.15, 0.2) is 5.82 Å². The number of fused-ring (bicyclic) bond motifs is 1. The topological polar surface area (TPSA) is 84.7 Å². The number of aromatic nitrogens is 4. The van der Waals surface area contributed by atoms with Crippen LogP contribution < -0.4 is 10.2 Å². The van der Waals surface area contributed by atoms with Gasteiger partial charge in [-0.05, 0) is 27.2 Å². The van der Waals surface area contributed by atoms with Crippen molar-refractivity contribution in [3.8, 4) is 0 Å². The highest BCUT2D eigenvalue weighted by atomic mass is 16.6. The first kappa shape index (κ1) is 16.0. The third-order valence-electron chi connectivity index (χ3n) is 3.04. The molecule has 0 saturated heterocycles. The second-order valence-corrected chi connectivity index (χ2v) is 5.13. The largest absolute Gasteiger partial charge is 0.447 e. The average molecular weight is 306 g/mol. The molecule has 0 saturated carbocycles. The number of nitrogens with zero attached hydrogens (tertiary/aromatic N) is 5. The minimum atomic E-state index is -0.552.